The maximum atomic E-state index is 11.3. The monoisotopic (exact) mass is 638 g/mol. The standard InChI is InChI=1S/C32H29Cl3N4O4/c1-42-26-11-25(37-30(35)23(26)13-39-16-32(17-39)12-27(41)36-15-32)22-8-4-6-20(29(22)34)19-5-3-7-21(28(19)33)24-10-9-18(14-40)31(38-24)43-2/h3-11,14,27,36,41H,12-13,15-17H2,1-2H3. The largest absolute Gasteiger partial charge is 0.496 e. The molecular formula is C32H29Cl3N4O4. The van der Waals surface area contributed by atoms with Crippen molar-refractivity contribution in [2.45, 2.75) is 19.2 Å². The first-order chi connectivity index (χ1) is 20.8. The number of pyridine rings is 2. The molecule has 2 aliphatic heterocycles. The molecule has 4 heterocycles. The predicted molar refractivity (Wildman–Crippen MR) is 168 cm³/mol. The van der Waals surface area contributed by atoms with Gasteiger partial charge in [-0.3, -0.25) is 15.0 Å². The van der Waals surface area contributed by atoms with Gasteiger partial charge in [-0.2, -0.15) is 0 Å². The van der Waals surface area contributed by atoms with E-state index in [0.29, 0.717) is 73.0 Å². The molecule has 0 amide bonds. The van der Waals surface area contributed by atoms with Crippen molar-refractivity contribution in [2.24, 2.45) is 5.41 Å². The summed E-state index contributed by atoms with van der Waals surface area (Å²) in [4.78, 5) is 22.8. The first kappa shape index (κ1) is 29.8. The molecule has 2 aromatic carbocycles. The highest BCUT2D eigenvalue weighted by atomic mass is 35.5. The van der Waals surface area contributed by atoms with Gasteiger partial charge in [0.2, 0.25) is 5.88 Å². The predicted octanol–water partition coefficient (Wildman–Crippen LogP) is 6.38. The minimum absolute atomic E-state index is 0.111. The Morgan fingerprint density at radius 2 is 1.60 bits per heavy atom. The number of carbonyl (C=O) groups is 1. The Morgan fingerprint density at radius 3 is 2.19 bits per heavy atom. The average molecular weight is 640 g/mol. The molecule has 1 spiro atoms. The van der Waals surface area contributed by atoms with E-state index < -0.39 is 6.23 Å². The summed E-state index contributed by atoms with van der Waals surface area (Å²) in [5, 5.41) is 14.3. The number of aliphatic hydroxyl groups is 1. The Morgan fingerprint density at radius 1 is 0.953 bits per heavy atom. The van der Waals surface area contributed by atoms with Crippen LogP contribution in [0.1, 0.15) is 22.3 Å². The lowest BCUT2D eigenvalue weighted by atomic mass is 9.78. The molecular weight excluding hydrogens is 611 g/mol. The summed E-state index contributed by atoms with van der Waals surface area (Å²) in [5.74, 6) is 0.845. The quantitative estimate of drug-likeness (QED) is 0.169. The second-order valence-corrected chi connectivity index (χ2v) is 12.1. The van der Waals surface area contributed by atoms with E-state index in [-0.39, 0.29) is 11.3 Å². The van der Waals surface area contributed by atoms with Crippen molar-refractivity contribution in [3.8, 4) is 45.3 Å². The van der Waals surface area contributed by atoms with Crippen LogP contribution >= 0.6 is 34.8 Å². The van der Waals surface area contributed by atoms with Gasteiger partial charge < -0.3 is 14.6 Å². The zero-order valence-corrected chi connectivity index (χ0v) is 25.8. The van der Waals surface area contributed by atoms with Gasteiger partial charge in [-0.05, 0) is 18.6 Å². The summed E-state index contributed by atoms with van der Waals surface area (Å²) in [6, 6.07) is 16.5. The second-order valence-electron chi connectivity index (χ2n) is 11.0. The summed E-state index contributed by atoms with van der Waals surface area (Å²) in [5.41, 5.74) is 5.16. The van der Waals surface area contributed by atoms with Crippen LogP contribution in [0.2, 0.25) is 15.2 Å². The average Bonchev–Trinajstić information content (AvgIpc) is 3.39. The van der Waals surface area contributed by atoms with Crippen molar-refractivity contribution in [2.75, 3.05) is 33.9 Å². The molecule has 2 N–H and O–H groups in total. The number of methoxy groups -OCH3 is 2. The van der Waals surface area contributed by atoms with Crippen molar-refractivity contribution >= 4 is 41.1 Å². The number of hydrogen-bond donors (Lipinski definition) is 2. The molecule has 0 bridgehead atoms. The van der Waals surface area contributed by atoms with Gasteiger partial charge in [0.05, 0.1) is 41.2 Å². The van der Waals surface area contributed by atoms with Gasteiger partial charge in [0.15, 0.2) is 6.29 Å². The van der Waals surface area contributed by atoms with E-state index in [9.17, 15) is 9.90 Å². The smallest absolute Gasteiger partial charge is 0.224 e. The first-order valence-corrected chi connectivity index (χ1v) is 14.8. The van der Waals surface area contributed by atoms with Crippen LogP contribution < -0.4 is 14.8 Å². The van der Waals surface area contributed by atoms with Crippen molar-refractivity contribution in [3.05, 3.63) is 80.9 Å². The number of nitrogens with one attached hydrogen (secondary N) is 1. The first-order valence-electron chi connectivity index (χ1n) is 13.7. The van der Waals surface area contributed by atoms with Gasteiger partial charge in [-0.15, -0.1) is 0 Å². The van der Waals surface area contributed by atoms with Gasteiger partial charge >= 0.3 is 0 Å². The fourth-order valence-corrected chi connectivity index (χ4v) is 6.97. The summed E-state index contributed by atoms with van der Waals surface area (Å²) in [6.45, 7) is 3.15. The highest BCUT2D eigenvalue weighted by Crippen LogP contribution is 2.44. The highest BCUT2D eigenvalue weighted by molar-refractivity contribution is 6.39. The lowest BCUT2D eigenvalue weighted by molar-refractivity contribution is -0.00139. The Labute approximate surface area is 264 Å². The van der Waals surface area contributed by atoms with Gasteiger partial charge in [0.25, 0.3) is 0 Å². The van der Waals surface area contributed by atoms with Crippen LogP contribution in [0.5, 0.6) is 11.6 Å². The third kappa shape index (κ3) is 5.59. The second kappa shape index (κ2) is 12.0. The van der Waals surface area contributed by atoms with Crippen molar-refractivity contribution in [3.63, 3.8) is 0 Å². The van der Waals surface area contributed by atoms with Crippen LogP contribution in [0.25, 0.3) is 33.6 Å². The number of nitrogens with zero attached hydrogens (tertiary/aromatic N) is 3. The number of aliphatic hydroxyl groups excluding tert-OH is 1. The van der Waals surface area contributed by atoms with Crippen molar-refractivity contribution < 1.29 is 19.4 Å². The molecule has 0 saturated carbocycles. The molecule has 2 saturated heterocycles. The molecule has 4 aromatic rings. The molecule has 1 unspecified atom stereocenters. The van der Waals surface area contributed by atoms with Crippen LogP contribution in [0.4, 0.5) is 0 Å². The fourth-order valence-electron chi connectivity index (χ4n) is 6.08. The Hall–Kier alpha value is -3.24. The van der Waals surface area contributed by atoms with Crippen LogP contribution in [0.15, 0.2) is 54.6 Å². The lowest BCUT2D eigenvalue weighted by Crippen LogP contribution is -2.56. The Balaban J connectivity index is 1.31. The number of halogens is 3. The minimum atomic E-state index is -0.436. The zero-order valence-electron chi connectivity index (χ0n) is 23.5. The highest BCUT2D eigenvalue weighted by Gasteiger charge is 2.47. The molecule has 222 valence electrons. The van der Waals surface area contributed by atoms with E-state index in [1.165, 1.54) is 7.11 Å². The van der Waals surface area contributed by atoms with Crippen molar-refractivity contribution in [1.29, 1.82) is 0 Å². The number of rotatable bonds is 8. The van der Waals surface area contributed by atoms with E-state index in [2.05, 4.69) is 15.2 Å². The molecule has 2 aliphatic rings. The minimum Gasteiger partial charge on any atom is -0.496 e. The lowest BCUT2D eigenvalue weighted by Gasteiger charge is -2.48. The number of benzene rings is 2. The SMILES string of the molecule is COc1cc(-c2cccc(-c3cccc(-c4ccc(C=O)c(OC)n4)c3Cl)c2Cl)nc(Cl)c1CN1CC2(CNC(O)C2)C1. The van der Waals surface area contributed by atoms with Gasteiger partial charge in [-0.25, -0.2) is 9.97 Å². The zero-order chi connectivity index (χ0) is 30.3. The Bertz CT molecular complexity index is 1710. The summed E-state index contributed by atoms with van der Waals surface area (Å²) in [7, 11) is 3.08. The van der Waals surface area contributed by atoms with Crippen LogP contribution in [0.3, 0.4) is 0 Å². The number of carbonyl (C=O) groups excluding carboxylic acids is 1. The van der Waals surface area contributed by atoms with Crippen LogP contribution in [-0.4, -0.2) is 66.3 Å². The van der Waals surface area contributed by atoms with E-state index in [0.717, 1.165) is 31.6 Å². The van der Waals surface area contributed by atoms with Gasteiger partial charge in [0.1, 0.15) is 17.1 Å². The molecule has 8 nitrogen and oxygen atoms in total. The molecule has 0 radical (unpaired) electrons. The number of ether oxygens (including phenoxy) is 2. The molecule has 2 aromatic heterocycles. The molecule has 1 atom stereocenters. The summed E-state index contributed by atoms with van der Waals surface area (Å²) < 4.78 is 11.0. The molecule has 0 aliphatic carbocycles. The van der Waals surface area contributed by atoms with Crippen LogP contribution in [0, 0.1) is 5.41 Å². The number of aldehydes is 1. The van der Waals surface area contributed by atoms with Gasteiger partial charge in [0, 0.05) is 65.5 Å². The van der Waals surface area contributed by atoms with Crippen molar-refractivity contribution in [1.82, 2.24) is 20.2 Å². The van der Waals surface area contributed by atoms with Gasteiger partial charge in [-0.1, -0.05) is 71.2 Å². The summed E-state index contributed by atoms with van der Waals surface area (Å²) in [6.07, 6.45) is 1.01. The van der Waals surface area contributed by atoms with Crippen LogP contribution in [-0.2, 0) is 6.54 Å². The molecule has 6 rings (SSSR count). The molecule has 2 fully saturated rings. The summed E-state index contributed by atoms with van der Waals surface area (Å²) >= 11 is 20.7. The number of likely N-dealkylation sites (tertiary alicyclic amines) is 1. The van der Waals surface area contributed by atoms with E-state index in [1.54, 1.807) is 19.2 Å². The third-order valence-electron chi connectivity index (χ3n) is 8.14. The van der Waals surface area contributed by atoms with E-state index >= 15 is 0 Å². The molecule has 11 heteroatoms. The van der Waals surface area contributed by atoms with E-state index in [1.807, 2.05) is 42.5 Å². The van der Waals surface area contributed by atoms with E-state index in [4.69, 9.17) is 49.3 Å². The maximum absolute atomic E-state index is 11.3. The number of hydrogen-bond acceptors (Lipinski definition) is 8. The molecule has 43 heavy (non-hydrogen) atoms. The third-order valence-corrected chi connectivity index (χ3v) is 9.27. The maximum Gasteiger partial charge on any atom is 0.224 e. The Kier molecular flexibility index (Phi) is 8.35. The normalized spacial score (nSPS) is 17.6. The number of aromatic nitrogens is 2. The topological polar surface area (TPSA) is 96.8 Å². The fraction of sp³-hybridized carbons (Fsp3) is 0.281.